The number of H-pyrrole nitrogens is 2. The number of rotatable bonds is 7. The maximum absolute atomic E-state index is 11.4. The zero-order valence-electron chi connectivity index (χ0n) is 14.5. The number of aliphatic hydroxyl groups is 4. The highest BCUT2D eigenvalue weighted by Crippen LogP contribution is 2.27. The number of anilines is 2. The zero-order chi connectivity index (χ0) is 19.4. The third-order valence-corrected chi connectivity index (χ3v) is 4.29. The second-order valence-electron chi connectivity index (χ2n) is 6.17. The van der Waals surface area contributed by atoms with Crippen molar-refractivity contribution in [3.8, 4) is 0 Å². The van der Waals surface area contributed by atoms with Gasteiger partial charge in [0.15, 0.2) is 0 Å². The van der Waals surface area contributed by atoms with Gasteiger partial charge in [0.25, 0.3) is 5.56 Å². The van der Waals surface area contributed by atoms with Crippen LogP contribution in [0.4, 0.5) is 11.5 Å². The van der Waals surface area contributed by atoms with E-state index in [9.17, 15) is 24.9 Å². The average Bonchev–Trinajstić information content (AvgIpc) is 2.58. The molecule has 26 heavy (non-hydrogen) atoms. The van der Waals surface area contributed by atoms with Crippen molar-refractivity contribution in [1.82, 2.24) is 9.97 Å². The van der Waals surface area contributed by atoms with E-state index < -0.39 is 36.2 Å². The first-order chi connectivity index (χ1) is 12.2. The van der Waals surface area contributed by atoms with Gasteiger partial charge in [-0.05, 0) is 36.6 Å². The molecule has 2 rings (SSSR count). The Morgan fingerprint density at radius 3 is 2.38 bits per heavy atom. The molecule has 1 aromatic heterocycles. The van der Waals surface area contributed by atoms with Gasteiger partial charge < -0.3 is 25.7 Å². The summed E-state index contributed by atoms with van der Waals surface area (Å²) in [6.07, 6.45) is -4.32. The van der Waals surface area contributed by atoms with Crippen LogP contribution in [0.25, 0.3) is 0 Å². The predicted octanol–water partition coefficient (Wildman–Crippen LogP) is -0.959. The van der Waals surface area contributed by atoms with Crippen molar-refractivity contribution in [1.29, 1.82) is 0 Å². The monoisotopic (exact) mass is 365 g/mol. The van der Waals surface area contributed by atoms with Crippen molar-refractivity contribution in [3.05, 3.63) is 55.7 Å². The maximum Gasteiger partial charge on any atom is 0.327 e. The third kappa shape index (κ3) is 4.58. The van der Waals surface area contributed by atoms with Crippen molar-refractivity contribution in [3.63, 3.8) is 0 Å². The molecule has 0 radical (unpaired) electrons. The first-order valence-electron chi connectivity index (χ1n) is 8.07. The number of aromatic amines is 2. The molecule has 0 aliphatic heterocycles. The molecule has 1 aromatic carbocycles. The molecule has 9 nitrogen and oxygen atoms in total. The van der Waals surface area contributed by atoms with Gasteiger partial charge in [0.05, 0.1) is 12.7 Å². The van der Waals surface area contributed by atoms with Gasteiger partial charge in [0.1, 0.15) is 18.0 Å². The molecule has 9 heteroatoms. The minimum atomic E-state index is -1.52. The highest BCUT2D eigenvalue weighted by molar-refractivity contribution is 5.63. The van der Waals surface area contributed by atoms with E-state index in [4.69, 9.17) is 5.11 Å². The fraction of sp³-hybridized carbons (Fsp3) is 0.412. The summed E-state index contributed by atoms with van der Waals surface area (Å²) in [5.41, 5.74) is 1.72. The van der Waals surface area contributed by atoms with Gasteiger partial charge in [-0.2, -0.15) is 0 Å². The standard InChI is InChI=1S/C17H23N3O6/c1-8-3-4-11(18-14-6-15(24)20-17(26)19-14)10(9(8)2)5-12(22)16(25)13(23)7-21/h3-4,6,12-13,16,21-23,25H,5,7H2,1-2H3,(H3,18,19,20,24,26). The molecule has 0 bridgehead atoms. The molecule has 142 valence electrons. The van der Waals surface area contributed by atoms with Crippen LogP contribution in [0.3, 0.4) is 0 Å². The SMILES string of the molecule is Cc1ccc(Nc2cc(=O)[nH]c(=O)[nH]2)c(CC(O)C(O)C(O)CO)c1C. The Hall–Kier alpha value is -2.46. The summed E-state index contributed by atoms with van der Waals surface area (Å²) in [6, 6.07) is 4.73. The fourth-order valence-corrected chi connectivity index (χ4v) is 2.63. The Labute approximate surface area is 149 Å². The molecule has 1 heterocycles. The van der Waals surface area contributed by atoms with Crippen LogP contribution < -0.4 is 16.6 Å². The van der Waals surface area contributed by atoms with Gasteiger partial charge in [-0.25, -0.2) is 4.79 Å². The van der Waals surface area contributed by atoms with Crippen molar-refractivity contribution in [2.24, 2.45) is 0 Å². The number of benzene rings is 1. The quantitative estimate of drug-likeness (QED) is 0.333. The lowest BCUT2D eigenvalue weighted by atomic mass is 9.93. The van der Waals surface area contributed by atoms with Crippen LogP contribution in [0, 0.1) is 13.8 Å². The lowest BCUT2D eigenvalue weighted by molar-refractivity contribution is -0.0755. The lowest BCUT2D eigenvalue weighted by Gasteiger charge is -2.24. The first kappa shape index (κ1) is 19.9. The van der Waals surface area contributed by atoms with Crippen molar-refractivity contribution in [2.75, 3.05) is 11.9 Å². The Morgan fingerprint density at radius 1 is 1.08 bits per heavy atom. The summed E-state index contributed by atoms with van der Waals surface area (Å²) in [7, 11) is 0. The van der Waals surface area contributed by atoms with Crippen LogP contribution in [0.15, 0.2) is 27.8 Å². The molecule has 0 amide bonds. The van der Waals surface area contributed by atoms with E-state index in [0.29, 0.717) is 11.3 Å². The number of hydrogen-bond acceptors (Lipinski definition) is 7. The van der Waals surface area contributed by atoms with E-state index in [1.807, 2.05) is 19.9 Å². The summed E-state index contributed by atoms with van der Waals surface area (Å²) in [5, 5.41) is 41.5. The van der Waals surface area contributed by atoms with Gasteiger partial charge in [0.2, 0.25) is 0 Å². The van der Waals surface area contributed by atoms with E-state index in [-0.39, 0.29) is 12.2 Å². The van der Waals surface area contributed by atoms with Crippen LogP contribution >= 0.6 is 0 Å². The van der Waals surface area contributed by atoms with E-state index in [2.05, 4.69) is 15.3 Å². The summed E-state index contributed by atoms with van der Waals surface area (Å²) in [5.74, 6) is 0.175. The van der Waals surface area contributed by atoms with Crippen molar-refractivity contribution >= 4 is 11.5 Å². The smallest absolute Gasteiger partial charge is 0.327 e. The van der Waals surface area contributed by atoms with Gasteiger partial charge >= 0.3 is 5.69 Å². The van der Waals surface area contributed by atoms with Gasteiger partial charge in [-0.1, -0.05) is 6.07 Å². The van der Waals surface area contributed by atoms with Crippen LogP contribution in [-0.2, 0) is 6.42 Å². The van der Waals surface area contributed by atoms with Gasteiger partial charge in [-0.3, -0.25) is 14.8 Å². The largest absolute Gasteiger partial charge is 0.394 e. The van der Waals surface area contributed by atoms with E-state index in [1.165, 1.54) is 6.07 Å². The molecule has 0 saturated carbocycles. The number of hydrogen-bond donors (Lipinski definition) is 7. The fourth-order valence-electron chi connectivity index (χ4n) is 2.63. The molecule has 0 aliphatic rings. The van der Waals surface area contributed by atoms with E-state index in [0.717, 1.165) is 11.1 Å². The van der Waals surface area contributed by atoms with Crippen molar-refractivity contribution in [2.45, 2.75) is 38.6 Å². The second-order valence-corrected chi connectivity index (χ2v) is 6.17. The molecule has 3 unspecified atom stereocenters. The van der Waals surface area contributed by atoms with E-state index in [1.54, 1.807) is 6.07 Å². The minimum absolute atomic E-state index is 0.0124. The maximum atomic E-state index is 11.4. The molecule has 3 atom stereocenters. The minimum Gasteiger partial charge on any atom is -0.394 e. The summed E-state index contributed by atoms with van der Waals surface area (Å²) >= 11 is 0. The summed E-state index contributed by atoms with van der Waals surface area (Å²) < 4.78 is 0. The second kappa shape index (κ2) is 8.28. The van der Waals surface area contributed by atoms with Crippen molar-refractivity contribution < 1.29 is 20.4 Å². The Bertz CT molecular complexity index is 847. The molecule has 2 aromatic rings. The van der Waals surface area contributed by atoms with Crippen LogP contribution in [0.2, 0.25) is 0 Å². The molecule has 0 fully saturated rings. The van der Waals surface area contributed by atoms with Gasteiger partial charge in [-0.15, -0.1) is 0 Å². The molecular formula is C17H23N3O6. The van der Waals surface area contributed by atoms with Crippen LogP contribution in [0.1, 0.15) is 16.7 Å². The lowest BCUT2D eigenvalue weighted by Crippen LogP contribution is -2.40. The summed E-state index contributed by atoms with van der Waals surface area (Å²) in [6.45, 7) is 3.03. The highest BCUT2D eigenvalue weighted by Gasteiger charge is 2.26. The molecule has 7 N–H and O–H groups in total. The normalized spacial score (nSPS) is 14.7. The Balaban J connectivity index is 2.37. The average molecular weight is 365 g/mol. The Kier molecular flexibility index (Phi) is 6.32. The molecule has 0 spiro atoms. The van der Waals surface area contributed by atoms with Gasteiger partial charge in [0, 0.05) is 18.2 Å². The number of aliphatic hydroxyl groups excluding tert-OH is 4. The number of aryl methyl sites for hydroxylation is 1. The van der Waals surface area contributed by atoms with Crippen LogP contribution in [-0.4, -0.2) is 55.3 Å². The predicted molar refractivity (Wildman–Crippen MR) is 95.7 cm³/mol. The molecule has 0 saturated heterocycles. The van der Waals surface area contributed by atoms with Crippen LogP contribution in [0.5, 0.6) is 0 Å². The topological polar surface area (TPSA) is 159 Å². The number of nitrogens with one attached hydrogen (secondary N) is 3. The Morgan fingerprint density at radius 2 is 1.77 bits per heavy atom. The zero-order valence-corrected chi connectivity index (χ0v) is 14.5. The molecule has 0 aliphatic carbocycles. The first-order valence-corrected chi connectivity index (χ1v) is 8.07. The summed E-state index contributed by atoms with van der Waals surface area (Å²) in [4.78, 5) is 27.4. The van der Waals surface area contributed by atoms with E-state index >= 15 is 0 Å². The molecular weight excluding hydrogens is 342 g/mol. The third-order valence-electron chi connectivity index (χ3n) is 4.29. The highest BCUT2D eigenvalue weighted by atomic mass is 16.4. The number of aromatic nitrogens is 2.